The summed E-state index contributed by atoms with van der Waals surface area (Å²) in [7, 11) is 0. The number of esters is 1. The summed E-state index contributed by atoms with van der Waals surface area (Å²) in [5.41, 5.74) is 1.57. The van der Waals surface area contributed by atoms with Crippen LogP contribution >= 0.6 is 11.6 Å². The maximum Gasteiger partial charge on any atom is 0.338 e. The maximum absolute atomic E-state index is 12.2. The van der Waals surface area contributed by atoms with E-state index in [9.17, 15) is 14.4 Å². The Morgan fingerprint density at radius 3 is 2.75 bits per heavy atom. The normalized spacial score (nSPS) is 13.1. The Balaban J connectivity index is 1.58. The van der Waals surface area contributed by atoms with Crippen LogP contribution in [0.5, 0.6) is 0 Å². The molecule has 1 N–H and O–H groups in total. The molecule has 0 saturated carbocycles. The van der Waals surface area contributed by atoms with E-state index in [1.807, 2.05) is 6.07 Å². The molecule has 142 valence electrons. The lowest BCUT2D eigenvalue weighted by Crippen LogP contribution is -2.24. The van der Waals surface area contributed by atoms with E-state index >= 15 is 0 Å². The molecule has 7 nitrogen and oxygen atoms in total. The lowest BCUT2D eigenvalue weighted by atomic mass is 10.2. The van der Waals surface area contributed by atoms with Gasteiger partial charge in [0, 0.05) is 24.3 Å². The Bertz CT molecular complexity index is 984. The Labute approximate surface area is 166 Å². The van der Waals surface area contributed by atoms with E-state index in [0.29, 0.717) is 29.9 Å². The Hall–Kier alpha value is -3.37. The Morgan fingerprint density at radius 2 is 2.07 bits per heavy atom. The summed E-state index contributed by atoms with van der Waals surface area (Å²) in [6.45, 7) is 0.135. The number of amides is 2. The number of benzene rings is 2. The summed E-state index contributed by atoms with van der Waals surface area (Å²) < 4.78 is 5.04. The summed E-state index contributed by atoms with van der Waals surface area (Å²) in [6, 6.07) is 12.9. The van der Waals surface area contributed by atoms with Gasteiger partial charge < -0.3 is 15.0 Å². The average molecular weight is 398 g/mol. The van der Waals surface area contributed by atoms with E-state index in [4.69, 9.17) is 21.6 Å². The zero-order chi connectivity index (χ0) is 20.1. The van der Waals surface area contributed by atoms with E-state index < -0.39 is 18.5 Å². The molecule has 0 bridgehead atoms. The van der Waals surface area contributed by atoms with Crippen molar-refractivity contribution in [3.05, 3.63) is 58.6 Å². The molecular formula is C20H16ClN3O4. The van der Waals surface area contributed by atoms with E-state index in [0.717, 1.165) is 6.42 Å². The van der Waals surface area contributed by atoms with Gasteiger partial charge in [0.1, 0.15) is 6.07 Å². The second-order valence-electron chi connectivity index (χ2n) is 6.13. The van der Waals surface area contributed by atoms with Crippen molar-refractivity contribution in [1.29, 1.82) is 5.26 Å². The molecular weight excluding hydrogens is 382 g/mol. The standard InChI is InChI=1S/C20H16ClN3O4/c21-17-10-15(7-6-14(17)11-22)23-18(25)12-28-20(27)13-3-1-4-16(9-13)24-8-2-5-19(24)26/h1,3-4,6-7,9-10H,2,5,8,12H2,(H,23,25). The zero-order valence-corrected chi connectivity index (χ0v) is 15.5. The molecule has 0 radical (unpaired) electrons. The number of nitrogens with zero attached hydrogens (tertiary/aromatic N) is 2. The largest absolute Gasteiger partial charge is 0.452 e. The number of hydrogen-bond acceptors (Lipinski definition) is 5. The van der Waals surface area contributed by atoms with Gasteiger partial charge in [0.25, 0.3) is 5.91 Å². The summed E-state index contributed by atoms with van der Waals surface area (Å²) in [5.74, 6) is -1.19. The van der Waals surface area contributed by atoms with Gasteiger partial charge in [0.2, 0.25) is 5.91 Å². The van der Waals surface area contributed by atoms with Gasteiger partial charge in [-0.15, -0.1) is 0 Å². The lowest BCUT2D eigenvalue weighted by molar-refractivity contribution is -0.119. The van der Waals surface area contributed by atoms with Crippen LogP contribution in [0.2, 0.25) is 5.02 Å². The van der Waals surface area contributed by atoms with Gasteiger partial charge in [-0.05, 0) is 42.8 Å². The highest BCUT2D eigenvalue weighted by molar-refractivity contribution is 6.32. The molecule has 1 heterocycles. The number of carbonyl (C=O) groups is 3. The lowest BCUT2D eigenvalue weighted by Gasteiger charge is -2.16. The third-order valence-electron chi connectivity index (χ3n) is 4.17. The predicted molar refractivity (Wildman–Crippen MR) is 103 cm³/mol. The van der Waals surface area contributed by atoms with Crippen molar-refractivity contribution >= 4 is 40.8 Å². The predicted octanol–water partition coefficient (Wildman–Crippen LogP) is 3.13. The van der Waals surface area contributed by atoms with Gasteiger partial charge in [-0.2, -0.15) is 5.26 Å². The quantitative estimate of drug-likeness (QED) is 0.781. The van der Waals surface area contributed by atoms with E-state index in [1.54, 1.807) is 29.2 Å². The number of nitriles is 1. The molecule has 2 aromatic rings. The number of halogens is 1. The van der Waals surface area contributed by atoms with Gasteiger partial charge >= 0.3 is 5.97 Å². The van der Waals surface area contributed by atoms with Gasteiger partial charge in [-0.25, -0.2) is 4.79 Å². The van der Waals surface area contributed by atoms with Crippen LogP contribution in [-0.4, -0.2) is 30.9 Å². The summed E-state index contributed by atoms with van der Waals surface area (Å²) in [5, 5.41) is 11.6. The molecule has 1 aliphatic heterocycles. The molecule has 1 aliphatic rings. The van der Waals surface area contributed by atoms with Gasteiger partial charge in [-0.3, -0.25) is 9.59 Å². The smallest absolute Gasteiger partial charge is 0.338 e. The van der Waals surface area contributed by atoms with E-state index in [2.05, 4.69) is 5.32 Å². The first-order valence-electron chi connectivity index (χ1n) is 8.55. The number of carbonyl (C=O) groups excluding carboxylic acids is 3. The summed E-state index contributed by atoms with van der Waals surface area (Å²) in [6.07, 6.45) is 1.28. The second kappa shape index (κ2) is 8.55. The van der Waals surface area contributed by atoms with Crippen LogP contribution in [-0.2, 0) is 14.3 Å². The molecule has 0 atom stereocenters. The number of ether oxygens (including phenoxy) is 1. The fourth-order valence-corrected chi connectivity index (χ4v) is 3.04. The minimum atomic E-state index is -0.665. The Kier molecular flexibility index (Phi) is 5.92. The van der Waals surface area contributed by atoms with Gasteiger partial charge in [-0.1, -0.05) is 17.7 Å². The van der Waals surface area contributed by atoms with E-state index in [-0.39, 0.29) is 16.5 Å². The third kappa shape index (κ3) is 4.48. The first kappa shape index (κ1) is 19.4. The van der Waals surface area contributed by atoms with Crippen LogP contribution in [0.1, 0.15) is 28.8 Å². The molecule has 2 amide bonds. The van der Waals surface area contributed by atoms with Crippen molar-refractivity contribution in [2.75, 3.05) is 23.4 Å². The van der Waals surface area contributed by atoms with Crippen molar-refractivity contribution in [3.8, 4) is 6.07 Å². The summed E-state index contributed by atoms with van der Waals surface area (Å²) >= 11 is 5.91. The third-order valence-corrected chi connectivity index (χ3v) is 4.49. The number of nitrogens with one attached hydrogen (secondary N) is 1. The van der Waals surface area contributed by atoms with Crippen molar-refractivity contribution < 1.29 is 19.1 Å². The fraction of sp³-hybridized carbons (Fsp3) is 0.200. The Morgan fingerprint density at radius 1 is 1.25 bits per heavy atom. The molecule has 3 rings (SSSR count). The number of anilines is 2. The molecule has 8 heteroatoms. The monoisotopic (exact) mass is 397 g/mol. The highest BCUT2D eigenvalue weighted by Crippen LogP contribution is 2.23. The first-order valence-corrected chi connectivity index (χ1v) is 8.93. The van der Waals surface area contributed by atoms with Crippen molar-refractivity contribution in [2.24, 2.45) is 0 Å². The fourth-order valence-electron chi connectivity index (χ4n) is 2.82. The maximum atomic E-state index is 12.2. The SMILES string of the molecule is N#Cc1ccc(NC(=O)COC(=O)c2cccc(N3CCCC3=O)c2)cc1Cl. The minimum absolute atomic E-state index is 0.0194. The van der Waals surface area contributed by atoms with Crippen LogP contribution < -0.4 is 10.2 Å². The molecule has 28 heavy (non-hydrogen) atoms. The number of hydrogen-bond donors (Lipinski definition) is 1. The molecule has 0 spiro atoms. The summed E-state index contributed by atoms with van der Waals surface area (Å²) in [4.78, 5) is 37.7. The molecule has 0 aromatic heterocycles. The first-order chi connectivity index (χ1) is 13.5. The molecule has 0 unspecified atom stereocenters. The van der Waals surface area contributed by atoms with Crippen molar-refractivity contribution in [1.82, 2.24) is 0 Å². The van der Waals surface area contributed by atoms with Gasteiger partial charge in [0.15, 0.2) is 6.61 Å². The minimum Gasteiger partial charge on any atom is -0.452 e. The van der Waals surface area contributed by atoms with Crippen LogP contribution in [0.15, 0.2) is 42.5 Å². The van der Waals surface area contributed by atoms with Crippen LogP contribution in [0, 0.1) is 11.3 Å². The van der Waals surface area contributed by atoms with Crippen molar-refractivity contribution in [3.63, 3.8) is 0 Å². The van der Waals surface area contributed by atoms with Crippen LogP contribution in [0.25, 0.3) is 0 Å². The molecule has 1 saturated heterocycles. The number of rotatable bonds is 5. The highest BCUT2D eigenvalue weighted by atomic mass is 35.5. The van der Waals surface area contributed by atoms with Crippen LogP contribution in [0.4, 0.5) is 11.4 Å². The van der Waals surface area contributed by atoms with Gasteiger partial charge in [0.05, 0.1) is 16.1 Å². The molecule has 1 fully saturated rings. The topological polar surface area (TPSA) is 99.5 Å². The van der Waals surface area contributed by atoms with E-state index in [1.165, 1.54) is 18.2 Å². The van der Waals surface area contributed by atoms with Crippen LogP contribution in [0.3, 0.4) is 0 Å². The zero-order valence-electron chi connectivity index (χ0n) is 14.8. The molecule has 2 aromatic carbocycles. The second-order valence-corrected chi connectivity index (χ2v) is 6.54. The highest BCUT2D eigenvalue weighted by Gasteiger charge is 2.22. The average Bonchev–Trinajstić information content (AvgIpc) is 3.12. The molecule has 0 aliphatic carbocycles. The van der Waals surface area contributed by atoms with Crippen molar-refractivity contribution in [2.45, 2.75) is 12.8 Å².